The van der Waals surface area contributed by atoms with Gasteiger partial charge in [-0.05, 0) is 37.0 Å². The molecule has 0 atom stereocenters. The molecule has 0 aromatic heterocycles. The van der Waals surface area contributed by atoms with Gasteiger partial charge in [0.05, 0.1) is 17.9 Å². The molecule has 1 aliphatic heterocycles. The Hall–Kier alpha value is -1.20. The van der Waals surface area contributed by atoms with Crippen LogP contribution >= 0.6 is 15.9 Å². The summed E-state index contributed by atoms with van der Waals surface area (Å²) in [6.07, 6.45) is 0.995. The lowest BCUT2D eigenvalue weighted by molar-refractivity contribution is -0.114. The molecular formula is C16H20BrNO3. The van der Waals surface area contributed by atoms with E-state index in [1.54, 1.807) is 6.07 Å². The molecule has 2 rings (SSSR count). The number of hydrogen-bond acceptors (Lipinski definition) is 3. The zero-order valence-corrected chi connectivity index (χ0v) is 14.2. The Labute approximate surface area is 133 Å². The summed E-state index contributed by atoms with van der Waals surface area (Å²) >= 11 is 3.36. The van der Waals surface area contributed by atoms with E-state index in [9.17, 15) is 9.59 Å². The van der Waals surface area contributed by atoms with Gasteiger partial charge in [-0.1, -0.05) is 29.8 Å². The molecule has 1 amide bonds. The monoisotopic (exact) mass is 353 g/mol. The van der Waals surface area contributed by atoms with E-state index in [1.165, 1.54) is 4.90 Å². The van der Waals surface area contributed by atoms with Gasteiger partial charge in [-0.3, -0.25) is 9.59 Å². The number of aryl methyl sites for hydroxylation is 1. The van der Waals surface area contributed by atoms with Crippen molar-refractivity contribution in [1.29, 1.82) is 0 Å². The summed E-state index contributed by atoms with van der Waals surface area (Å²) in [6.45, 7) is 7.73. The Bertz CT molecular complexity index is 569. The molecule has 0 bridgehead atoms. The molecule has 1 aromatic carbocycles. The van der Waals surface area contributed by atoms with Gasteiger partial charge >= 0.3 is 0 Å². The van der Waals surface area contributed by atoms with Crippen molar-refractivity contribution in [2.24, 2.45) is 5.92 Å². The zero-order chi connectivity index (χ0) is 15.6. The topological polar surface area (TPSA) is 46.6 Å². The largest absolute Gasteiger partial charge is 0.380 e. The number of anilines is 1. The summed E-state index contributed by atoms with van der Waals surface area (Å²) in [4.78, 5) is 25.7. The Morgan fingerprint density at radius 2 is 1.95 bits per heavy atom. The fourth-order valence-electron chi connectivity index (χ4n) is 2.40. The van der Waals surface area contributed by atoms with Crippen LogP contribution in [0.2, 0.25) is 0 Å². The quantitative estimate of drug-likeness (QED) is 0.581. The second kappa shape index (κ2) is 6.71. The number of carbonyl (C=O) groups is 2. The van der Waals surface area contributed by atoms with Crippen LogP contribution in [0, 0.1) is 12.8 Å². The van der Waals surface area contributed by atoms with Gasteiger partial charge in [-0.25, -0.2) is 0 Å². The average Bonchev–Trinajstić information content (AvgIpc) is 2.63. The summed E-state index contributed by atoms with van der Waals surface area (Å²) in [5.74, 6) is -0.296. The predicted molar refractivity (Wildman–Crippen MR) is 85.8 cm³/mol. The van der Waals surface area contributed by atoms with E-state index in [-0.39, 0.29) is 0 Å². The van der Waals surface area contributed by atoms with Crippen molar-refractivity contribution < 1.29 is 14.3 Å². The molecule has 1 heterocycles. The summed E-state index contributed by atoms with van der Waals surface area (Å²) in [7, 11) is 0. The molecule has 5 heteroatoms. The summed E-state index contributed by atoms with van der Waals surface area (Å²) in [6, 6.07) is 3.62. The molecule has 0 spiro atoms. The van der Waals surface area contributed by atoms with Gasteiger partial charge in [0.1, 0.15) is 0 Å². The van der Waals surface area contributed by atoms with E-state index in [1.807, 2.05) is 13.0 Å². The number of fused-ring (bicyclic) bond motifs is 1. The lowest BCUT2D eigenvalue weighted by Crippen LogP contribution is -2.33. The van der Waals surface area contributed by atoms with Crippen molar-refractivity contribution in [1.82, 2.24) is 0 Å². The fraction of sp³-hybridized carbons (Fsp3) is 0.500. The second-order valence-corrected chi connectivity index (χ2v) is 6.62. The van der Waals surface area contributed by atoms with Crippen LogP contribution in [-0.2, 0) is 9.53 Å². The first-order chi connectivity index (χ1) is 9.91. The van der Waals surface area contributed by atoms with Crippen LogP contribution < -0.4 is 4.90 Å². The number of nitrogens with zero attached hydrogens (tertiary/aromatic N) is 1. The lowest BCUT2D eigenvalue weighted by atomic mass is 10.1. The maximum absolute atomic E-state index is 12.1. The van der Waals surface area contributed by atoms with Crippen LogP contribution in [0.15, 0.2) is 16.6 Å². The molecule has 0 aliphatic carbocycles. The van der Waals surface area contributed by atoms with E-state index >= 15 is 0 Å². The summed E-state index contributed by atoms with van der Waals surface area (Å²) < 4.78 is 6.37. The third-order valence-corrected chi connectivity index (χ3v) is 3.98. The van der Waals surface area contributed by atoms with E-state index < -0.39 is 11.7 Å². The Morgan fingerprint density at radius 3 is 2.62 bits per heavy atom. The first kappa shape index (κ1) is 16.2. The Morgan fingerprint density at radius 1 is 1.24 bits per heavy atom. The normalized spacial score (nSPS) is 14.2. The maximum atomic E-state index is 12.1. The SMILES string of the molecule is Cc1cc(Br)cc2c1N(CCOCCC(C)C)C(=O)C2=O. The molecule has 0 N–H and O–H groups in total. The second-order valence-electron chi connectivity index (χ2n) is 5.70. The first-order valence-corrected chi connectivity index (χ1v) is 7.95. The smallest absolute Gasteiger partial charge is 0.299 e. The van der Waals surface area contributed by atoms with Crippen LogP contribution in [0.5, 0.6) is 0 Å². The van der Waals surface area contributed by atoms with Gasteiger partial charge in [-0.2, -0.15) is 0 Å². The summed E-state index contributed by atoms with van der Waals surface area (Å²) in [5, 5.41) is 0. The van der Waals surface area contributed by atoms with Gasteiger partial charge in [0.25, 0.3) is 11.7 Å². The molecule has 0 unspecified atom stereocenters. The van der Waals surface area contributed by atoms with Crippen LogP contribution in [0.4, 0.5) is 5.69 Å². The number of rotatable bonds is 6. The highest BCUT2D eigenvalue weighted by Crippen LogP contribution is 2.34. The maximum Gasteiger partial charge on any atom is 0.299 e. The Kier molecular flexibility index (Phi) is 5.17. The minimum Gasteiger partial charge on any atom is -0.380 e. The van der Waals surface area contributed by atoms with Crippen molar-refractivity contribution in [3.8, 4) is 0 Å². The predicted octanol–water partition coefficient (Wildman–Crippen LogP) is 3.35. The van der Waals surface area contributed by atoms with Gasteiger partial charge in [-0.15, -0.1) is 0 Å². The number of Topliss-reactive ketones (excluding diaryl/α,β-unsaturated/α-hetero) is 1. The van der Waals surface area contributed by atoms with Gasteiger partial charge in [0.2, 0.25) is 0 Å². The summed E-state index contributed by atoms with van der Waals surface area (Å²) in [5.41, 5.74) is 2.12. The molecule has 1 aliphatic rings. The van der Waals surface area contributed by atoms with Gasteiger partial charge in [0, 0.05) is 17.6 Å². The van der Waals surface area contributed by atoms with Crippen molar-refractivity contribution >= 4 is 33.3 Å². The van der Waals surface area contributed by atoms with E-state index in [0.29, 0.717) is 31.2 Å². The molecule has 1 aromatic rings. The van der Waals surface area contributed by atoms with Crippen LogP contribution in [0.25, 0.3) is 0 Å². The highest BCUT2D eigenvalue weighted by Gasteiger charge is 2.36. The molecule has 114 valence electrons. The van der Waals surface area contributed by atoms with E-state index in [2.05, 4.69) is 29.8 Å². The number of benzene rings is 1. The van der Waals surface area contributed by atoms with Crippen molar-refractivity contribution in [2.75, 3.05) is 24.7 Å². The number of hydrogen-bond donors (Lipinski definition) is 0. The molecule has 0 radical (unpaired) electrons. The molecule has 0 fully saturated rings. The van der Waals surface area contributed by atoms with E-state index in [4.69, 9.17) is 4.74 Å². The van der Waals surface area contributed by atoms with E-state index in [0.717, 1.165) is 22.1 Å². The van der Waals surface area contributed by atoms with Crippen molar-refractivity contribution in [3.05, 3.63) is 27.7 Å². The fourth-order valence-corrected chi connectivity index (χ4v) is 2.97. The van der Waals surface area contributed by atoms with Crippen molar-refractivity contribution in [2.45, 2.75) is 27.2 Å². The zero-order valence-electron chi connectivity index (χ0n) is 12.6. The van der Waals surface area contributed by atoms with Crippen LogP contribution in [0.1, 0.15) is 36.2 Å². The minimum atomic E-state index is -0.460. The number of amides is 1. The molecule has 0 saturated heterocycles. The molecule has 4 nitrogen and oxygen atoms in total. The first-order valence-electron chi connectivity index (χ1n) is 7.16. The van der Waals surface area contributed by atoms with Crippen molar-refractivity contribution in [3.63, 3.8) is 0 Å². The van der Waals surface area contributed by atoms with Gasteiger partial charge in [0.15, 0.2) is 0 Å². The molecular weight excluding hydrogens is 334 g/mol. The highest BCUT2D eigenvalue weighted by molar-refractivity contribution is 9.10. The molecule has 21 heavy (non-hydrogen) atoms. The lowest BCUT2D eigenvalue weighted by Gasteiger charge is -2.18. The van der Waals surface area contributed by atoms with Crippen LogP contribution in [-0.4, -0.2) is 31.4 Å². The number of halogens is 1. The third-order valence-electron chi connectivity index (χ3n) is 3.52. The third kappa shape index (κ3) is 3.52. The number of ketones is 1. The number of ether oxygens (including phenoxy) is 1. The highest BCUT2D eigenvalue weighted by atomic mass is 79.9. The number of carbonyl (C=O) groups excluding carboxylic acids is 2. The standard InChI is InChI=1S/C16H20BrNO3/c1-10(2)4-6-21-7-5-18-14-11(3)8-12(17)9-13(14)15(19)16(18)20/h8-10H,4-7H2,1-3H3. The van der Waals surface area contributed by atoms with Crippen LogP contribution in [0.3, 0.4) is 0 Å². The Balaban J connectivity index is 2.05. The minimum absolute atomic E-state index is 0.415. The van der Waals surface area contributed by atoms with Gasteiger partial charge < -0.3 is 9.64 Å². The average molecular weight is 354 g/mol. The molecule has 0 saturated carbocycles.